The molecule has 1 aliphatic heterocycles. The number of amides is 1. The molecule has 1 N–H and O–H groups in total. The van der Waals surface area contributed by atoms with Crippen LogP contribution >= 0.6 is 0 Å². The molecule has 30 heavy (non-hydrogen) atoms. The Labute approximate surface area is 173 Å². The lowest BCUT2D eigenvalue weighted by Gasteiger charge is -2.41. The lowest BCUT2D eigenvalue weighted by Crippen LogP contribution is -2.44. The maximum absolute atomic E-state index is 13.4. The standard InChI is InChI=1S/C24H20FNO4/c1-30-18-12-8-16(9-13-18)22-21(24(28)29)19-4-2-3-5-20(19)23(27)26(22)14-15-6-10-17(25)11-7-15/h2-13,21-22H,14H2,1H3,(H,28,29)/t21-,22+/m0/s1. The van der Waals surface area contributed by atoms with Crippen LogP contribution in [-0.4, -0.2) is 29.0 Å². The zero-order valence-electron chi connectivity index (χ0n) is 16.3. The highest BCUT2D eigenvalue weighted by molar-refractivity contribution is 6.00. The fraction of sp³-hybridized carbons (Fsp3) is 0.167. The third kappa shape index (κ3) is 3.52. The molecule has 2 atom stereocenters. The van der Waals surface area contributed by atoms with Crippen molar-refractivity contribution in [2.45, 2.75) is 18.5 Å². The minimum absolute atomic E-state index is 0.161. The molecule has 1 aliphatic rings. The molecular formula is C24H20FNO4. The minimum atomic E-state index is -1.01. The van der Waals surface area contributed by atoms with E-state index in [9.17, 15) is 19.1 Å². The van der Waals surface area contributed by atoms with Gasteiger partial charge in [-0.3, -0.25) is 9.59 Å². The van der Waals surface area contributed by atoms with Crippen molar-refractivity contribution < 1.29 is 23.8 Å². The number of nitrogens with zero attached hydrogens (tertiary/aromatic N) is 1. The van der Waals surface area contributed by atoms with E-state index in [0.717, 1.165) is 0 Å². The fourth-order valence-electron chi connectivity index (χ4n) is 3.99. The van der Waals surface area contributed by atoms with Crippen LogP contribution in [0.4, 0.5) is 4.39 Å². The Kier molecular flexibility index (Phi) is 5.23. The molecule has 5 nitrogen and oxygen atoms in total. The summed E-state index contributed by atoms with van der Waals surface area (Å²) >= 11 is 0. The molecule has 0 saturated heterocycles. The Hall–Kier alpha value is -3.67. The van der Waals surface area contributed by atoms with E-state index in [1.165, 1.54) is 12.1 Å². The van der Waals surface area contributed by atoms with E-state index in [0.29, 0.717) is 28.0 Å². The maximum Gasteiger partial charge on any atom is 0.313 e. The topological polar surface area (TPSA) is 66.8 Å². The normalized spacial score (nSPS) is 18.1. The molecule has 0 aliphatic carbocycles. The van der Waals surface area contributed by atoms with Gasteiger partial charge < -0.3 is 14.7 Å². The monoisotopic (exact) mass is 405 g/mol. The fourth-order valence-corrected chi connectivity index (χ4v) is 3.99. The molecule has 0 radical (unpaired) electrons. The third-order valence-electron chi connectivity index (χ3n) is 5.43. The Morgan fingerprint density at radius 3 is 2.33 bits per heavy atom. The number of hydrogen-bond acceptors (Lipinski definition) is 3. The Morgan fingerprint density at radius 2 is 1.70 bits per heavy atom. The molecule has 0 bridgehead atoms. The summed E-state index contributed by atoms with van der Waals surface area (Å²) in [5, 5.41) is 10.1. The summed E-state index contributed by atoms with van der Waals surface area (Å²) in [6.45, 7) is 0.161. The van der Waals surface area contributed by atoms with Crippen LogP contribution in [0.3, 0.4) is 0 Å². The van der Waals surface area contributed by atoms with Crippen LogP contribution in [0.15, 0.2) is 72.8 Å². The van der Waals surface area contributed by atoms with Gasteiger partial charge in [0.15, 0.2) is 0 Å². The van der Waals surface area contributed by atoms with E-state index in [4.69, 9.17) is 4.74 Å². The summed E-state index contributed by atoms with van der Waals surface area (Å²) in [6.07, 6.45) is 0. The lowest BCUT2D eigenvalue weighted by molar-refractivity contribution is -0.140. The minimum Gasteiger partial charge on any atom is -0.497 e. The number of fused-ring (bicyclic) bond motifs is 1. The number of carboxylic acids is 1. The summed E-state index contributed by atoms with van der Waals surface area (Å²) in [6, 6.07) is 19.0. The van der Waals surface area contributed by atoms with Gasteiger partial charge in [-0.05, 0) is 47.0 Å². The average Bonchev–Trinajstić information content (AvgIpc) is 2.76. The van der Waals surface area contributed by atoms with Crippen LogP contribution in [0.1, 0.15) is 39.0 Å². The first-order valence-electron chi connectivity index (χ1n) is 9.50. The Morgan fingerprint density at radius 1 is 1.03 bits per heavy atom. The van der Waals surface area contributed by atoms with Gasteiger partial charge in [0.25, 0.3) is 5.91 Å². The molecule has 3 aromatic carbocycles. The second-order valence-corrected chi connectivity index (χ2v) is 7.18. The molecular weight excluding hydrogens is 385 g/mol. The molecule has 1 amide bonds. The van der Waals surface area contributed by atoms with Crippen LogP contribution in [-0.2, 0) is 11.3 Å². The Bertz CT molecular complexity index is 1080. The number of carbonyl (C=O) groups is 2. The molecule has 0 spiro atoms. The summed E-state index contributed by atoms with van der Waals surface area (Å²) in [5.41, 5.74) is 2.27. The smallest absolute Gasteiger partial charge is 0.313 e. The number of carbonyl (C=O) groups excluding carboxylic acids is 1. The first kappa shape index (κ1) is 19.6. The molecule has 0 unspecified atom stereocenters. The van der Waals surface area contributed by atoms with E-state index in [2.05, 4.69) is 0 Å². The molecule has 1 heterocycles. The highest BCUT2D eigenvalue weighted by Gasteiger charge is 2.44. The molecule has 6 heteroatoms. The van der Waals surface area contributed by atoms with E-state index in [1.807, 2.05) is 0 Å². The highest BCUT2D eigenvalue weighted by Crippen LogP contribution is 2.43. The van der Waals surface area contributed by atoms with Crippen LogP contribution in [0.2, 0.25) is 0 Å². The molecule has 0 fully saturated rings. The zero-order valence-corrected chi connectivity index (χ0v) is 16.3. The van der Waals surface area contributed by atoms with Gasteiger partial charge in [-0.2, -0.15) is 0 Å². The van der Waals surface area contributed by atoms with E-state index in [-0.39, 0.29) is 18.3 Å². The van der Waals surface area contributed by atoms with Gasteiger partial charge in [-0.15, -0.1) is 0 Å². The van der Waals surface area contributed by atoms with Crippen molar-refractivity contribution in [1.29, 1.82) is 0 Å². The first-order chi connectivity index (χ1) is 14.5. The van der Waals surface area contributed by atoms with Gasteiger partial charge in [0.2, 0.25) is 0 Å². The molecule has 0 aromatic heterocycles. The van der Waals surface area contributed by atoms with Crippen LogP contribution in [0.25, 0.3) is 0 Å². The summed E-state index contributed by atoms with van der Waals surface area (Å²) in [7, 11) is 1.55. The van der Waals surface area contributed by atoms with Crippen molar-refractivity contribution in [3.05, 3.63) is 101 Å². The van der Waals surface area contributed by atoms with Crippen molar-refractivity contribution in [2.75, 3.05) is 7.11 Å². The molecule has 3 aromatic rings. The SMILES string of the molecule is COc1ccc([C@@H]2[C@@H](C(=O)O)c3ccccc3C(=O)N2Cc2ccc(F)cc2)cc1. The zero-order chi connectivity index (χ0) is 21.3. The van der Waals surface area contributed by atoms with Crippen molar-refractivity contribution in [3.8, 4) is 5.75 Å². The largest absolute Gasteiger partial charge is 0.497 e. The number of hydrogen-bond donors (Lipinski definition) is 1. The number of carboxylic acid groups (broad SMARTS) is 1. The second-order valence-electron chi connectivity index (χ2n) is 7.18. The molecule has 152 valence electrons. The van der Waals surface area contributed by atoms with Crippen LogP contribution in [0.5, 0.6) is 5.75 Å². The van der Waals surface area contributed by atoms with E-state index < -0.39 is 17.9 Å². The number of benzene rings is 3. The Balaban J connectivity index is 1.85. The quantitative estimate of drug-likeness (QED) is 0.683. The predicted octanol–water partition coefficient (Wildman–Crippen LogP) is 4.40. The molecule has 4 rings (SSSR count). The number of methoxy groups -OCH3 is 1. The van der Waals surface area contributed by atoms with Crippen LogP contribution < -0.4 is 4.74 Å². The van der Waals surface area contributed by atoms with Crippen molar-refractivity contribution in [1.82, 2.24) is 4.90 Å². The first-order valence-corrected chi connectivity index (χ1v) is 9.50. The number of rotatable bonds is 5. The summed E-state index contributed by atoms with van der Waals surface area (Å²) in [5.74, 6) is -1.94. The number of ether oxygens (including phenoxy) is 1. The molecule has 0 saturated carbocycles. The van der Waals surface area contributed by atoms with Gasteiger partial charge in [-0.1, -0.05) is 42.5 Å². The van der Waals surface area contributed by atoms with Crippen molar-refractivity contribution in [2.24, 2.45) is 0 Å². The van der Waals surface area contributed by atoms with E-state index >= 15 is 0 Å². The van der Waals surface area contributed by atoms with Crippen molar-refractivity contribution >= 4 is 11.9 Å². The predicted molar refractivity (Wildman–Crippen MR) is 109 cm³/mol. The average molecular weight is 405 g/mol. The maximum atomic E-state index is 13.4. The van der Waals surface area contributed by atoms with Gasteiger partial charge in [0, 0.05) is 12.1 Å². The van der Waals surface area contributed by atoms with Gasteiger partial charge in [0.1, 0.15) is 17.5 Å². The summed E-state index contributed by atoms with van der Waals surface area (Å²) in [4.78, 5) is 27.3. The number of halogens is 1. The van der Waals surface area contributed by atoms with Gasteiger partial charge in [0.05, 0.1) is 13.2 Å². The van der Waals surface area contributed by atoms with Gasteiger partial charge >= 0.3 is 5.97 Å². The number of aliphatic carboxylic acids is 1. The highest BCUT2D eigenvalue weighted by atomic mass is 19.1. The second kappa shape index (κ2) is 7.99. The van der Waals surface area contributed by atoms with Crippen molar-refractivity contribution in [3.63, 3.8) is 0 Å². The van der Waals surface area contributed by atoms with E-state index in [1.54, 1.807) is 72.7 Å². The van der Waals surface area contributed by atoms with Gasteiger partial charge in [-0.25, -0.2) is 4.39 Å². The third-order valence-corrected chi connectivity index (χ3v) is 5.43. The summed E-state index contributed by atoms with van der Waals surface area (Å²) < 4.78 is 18.6. The lowest BCUT2D eigenvalue weighted by atomic mass is 9.79. The van der Waals surface area contributed by atoms with Crippen LogP contribution in [0, 0.1) is 5.82 Å².